The molecule has 1 saturated heterocycles. The summed E-state index contributed by atoms with van der Waals surface area (Å²) in [6.07, 6.45) is 1.70. The highest BCUT2D eigenvalue weighted by molar-refractivity contribution is 9.10. The number of nitro groups is 1. The number of nitrogens with one attached hydrogen (secondary N) is 1. The van der Waals surface area contributed by atoms with Crippen LogP contribution in [0.4, 0.5) is 5.69 Å². The average Bonchev–Trinajstić information content (AvgIpc) is 2.44. The van der Waals surface area contributed by atoms with Gasteiger partial charge in [0.2, 0.25) is 0 Å². The van der Waals surface area contributed by atoms with Crippen molar-refractivity contribution < 1.29 is 10.0 Å². The summed E-state index contributed by atoms with van der Waals surface area (Å²) in [5.74, 6) is -0.290. The number of aromatic hydroxyl groups is 1. The summed E-state index contributed by atoms with van der Waals surface area (Å²) < 4.78 is 0.569. The minimum Gasteiger partial charge on any atom is -0.502 e. The second-order valence-corrected chi connectivity index (χ2v) is 5.50. The van der Waals surface area contributed by atoms with Crippen LogP contribution >= 0.6 is 15.9 Å². The van der Waals surface area contributed by atoms with Crippen molar-refractivity contribution in [2.45, 2.75) is 6.04 Å². The molecule has 6 nitrogen and oxygen atoms in total. The van der Waals surface area contributed by atoms with Gasteiger partial charge in [-0.1, -0.05) is 22.0 Å². The van der Waals surface area contributed by atoms with E-state index in [4.69, 9.17) is 0 Å². The first-order valence-electron chi connectivity index (χ1n) is 6.28. The molecule has 1 aromatic rings. The summed E-state index contributed by atoms with van der Waals surface area (Å²) in [5, 5.41) is 24.4. The van der Waals surface area contributed by atoms with Gasteiger partial charge in [0.05, 0.1) is 11.0 Å². The fraction of sp³-hybridized carbons (Fsp3) is 0.385. The Bertz CT molecular complexity index is 530. The van der Waals surface area contributed by atoms with Gasteiger partial charge in [0.15, 0.2) is 5.75 Å². The molecule has 0 spiro atoms. The van der Waals surface area contributed by atoms with Crippen molar-refractivity contribution in [3.05, 3.63) is 44.9 Å². The predicted molar refractivity (Wildman–Crippen MR) is 79.8 cm³/mol. The van der Waals surface area contributed by atoms with Gasteiger partial charge in [-0.2, -0.15) is 0 Å². The standard InChI is InChI=1S/C13H16BrN3O3/c1-2-11(16-5-3-15-4-6-16)10-7-9(14)8-12(13(10)18)17(19)20/h2,7-8,11,15,18H,1,3-6H2/t11-/m0/s1. The monoisotopic (exact) mass is 341 g/mol. The van der Waals surface area contributed by atoms with Crippen LogP contribution in [0.5, 0.6) is 5.75 Å². The SMILES string of the molecule is C=C[C@@H](c1cc(Br)cc([N+](=O)[O-])c1O)N1CCNCC1. The first-order chi connectivity index (χ1) is 9.54. The lowest BCUT2D eigenvalue weighted by Crippen LogP contribution is -2.44. The number of phenolic OH excluding ortho intramolecular Hbond substituents is 1. The second kappa shape index (κ2) is 6.34. The van der Waals surface area contributed by atoms with Gasteiger partial charge >= 0.3 is 5.69 Å². The highest BCUT2D eigenvalue weighted by Crippen LogP contribution is 2.39. The molecule has 0 amide bonds. The van der Waals surface area contributed by atoms with Crippen LogP contribution in [0.1, 0.15) is 11.6 Å². The molecule has 1 heterocycles. The maximum absolute atomic E-state index is 11.0. The molecule has 20 heavy (non-hydrogen) atoms. The first kappa shape index (κ1) is 15.0. The first-order valence-corrected chi connectivity index (χ1v) is 7.08. The molecule has 7 heteroatoms. The molecule has 2 rings (SSSR count). The Labute approximate surface area is 125 Å². The molecule has 0 radical (unpaired) electrons. The maximum Gasteiger partial charge on any atom is 0.312 e. The molecule has 0 saturated carbocycles. The quantitative estimate of drug-likeness (QED) is 0.498. The van der Waals surface area contributed by atoms with E-state index in [0.717, 1.165) is 26.2 Å². The van der Waals surface area contributed by atoms with E-state index < -0.39 is 4.92 Å². The fourth-order valence-corrected chi connectivity index (χ4v) is 2.87. The van der Waals surface area contributed by atoms with Gasteiger partial charge in [-0.15, -0.1) is 6.58 Å². The van der Waals surface area contributed by atoms with Gasteiger partial charge < -0.3 is 10.4 Å². The summed E-state index contributed by atoms with van der Waals surface area (Å²) >= 11 is 3.26. The number of hydrogen-bond acceptors (Lipinski definition) is 5. The van der Waals surface area contributed by atoms with E-state index in [2.05, 4.69) is 32.7 Å². The average molecular weight is 342 g/mol. The summed E-state index contributed by atoms with van der Waals surface area (Å²) in [6.45, 7) is 7.10. The Balaban J connectivity index is 2.43. The summed E-state index contributed by atoms with van der Waals surface area (Å²) in [6, 6.07) is 2.77. The summed E-state index contributed by atoms with van der Waals surface area (Å²) in [7, 11) is 0. The van der Waals surface area contributed by atoms with Crippen molar-refractivity contribution >= 4 is 21.6 Å². The van der Waals surface area contributed by atoms with Crippen molar-refractivity contribution in [2.75, 3.05) is 26.2 Å². The molecule has 2 N–H and O–H groups in total. The molecule has 108 valence electrons. The predicted octanol–water partition coefficient (Wildman–Crippen LogP) is 2.20. The van der Waals surface area contributed by atoms with E-state index in [9.17, 15) is 15.2 Å². The van der Waals surface area contributed by atoms with E-state index in [1.165, 1.54) is 6.07 Å². The molecule has 1 aliphatic rings. The summed E-state index contributed by atoms with van der Waals surface area (Å²) in [4.78, 5) is 12.5. The van der Waals surface area contributed by atoms with Crippen LogP contribution in [-0.4, -0.2) is 41.1 Å². The van der Waals surface area contributed by atoms with Crippen LogP contribution in [0.25, 0.3) is 0 Å². The van der Waals surface area contributed by atoms with Gasteiger partial charge in [-0.3, -0.25) is 15.0 Å². The fourth-order valence-electron chi connectivity index (χ4n) is 2.40. The second-order valence-electron chi connectivity index (χ2n) is 4.59. The third-order valence-electron chi connectivity index (χ3n) is 3.37. The summed E-state index contributed by atoms with van der Waals surface area (Å²) in [5.41, 5.74) is 0.208. The van der Waals surface area contributed by atoms with E-state index in [1.54, 1.807) is 12.1 Å². The number of nitrogens with zero attached hydrogens (tertiary/aromatic N) is 2. The third-order valence-corrected chi connectivity index (χ3v) is 3.83. The van der Waals surface area contributed by atoms with E-state index in [0.29, 0.717) is 10.0 Å². The number of phenols is 1. The lowest BCUT2D eigenvalue weighted by molar-refractivity contribution is -0.386. The molecule has 0 aromatic heterocycles. The number of hydrogen-bond donors (Lipinski definition) is 2. The number of rotatable bonds is 4. The van der Waals surface area contributed by atoms with E-state index in [-0.39, 0.29) is 17.5 Å². The number of benzene rings is 1. The van der Waals surface area contributed by atoms with Crippen LogP contribution < -0.4 is 5.32 Å². The van der Waals surface area contributed by atoms with Crippen molar-refractivity contribution in [1.82, 2.24) is 10.2 Å². The molecular weight excluding hydrogens is 326 g/mol. The van der Waals surface area contributed by atoms with Gasteiger partial charge in [0.1, 0.15) is 0 Å². The van der Waals surface area contributed by atoms with Crippen LogP contribution in [-0.2, 0) is 0 Å². The third kappa shape index (κ3) is 3.00. The van der Waals surface area contributed by atoms with E-state index >= 15 is 0 Å². The number of nitro benzene ring substituents is 1. The Morgan fingerprint density at radius 3 is 2.70 bits per heavy atom. The molecule has 1 aromatic carbocycles. The minimum absolute atomic E-state index is 0.242. The molecule has 1 atom stereocenters. The zero-order chi connectivity index (χ0) is 14.7. The maximum atomic E-state index is 11.0. The largest absolute Gasteiger partial charge is 0.502 e. The number of piperazine rings is 1. The molecule has 0 aliphatic carbocycles. The van der Waals surface area contributed by atoms with Crippen molar-refractivity contribution in [3.63, 3.8) is 0 Å². The van der Waals surface area contributed by atoms with Crippen LogP contribution in [0.2, 0.25) is 0 Å². The van der Waals surface area contributed by atoms with Gasteiger partial charge in [0, 0.05) is 42.3 Å². The van der Waals surface area contributed by atoms with Gasteiger partial charge in [-0.25, -0.2) is 0 Å². The van der Waals surface area contributed by atoms with Crippen molar-refractivity contribution in [3.8, 4) is 5.75 Å². The molecule has 1 aliphatic heterocycles. The minimum atomic E-state index is -0.582. The lowest BCUT2D eigenvalue weighted by atomic mass is 10.0. The lowest BCUT2D eigenvalue weighted by Gasteiger charge is -2.33. The van der Waals surface area contributed by atoms with Gasteiger partial charge in [0.25, 0.3) is 0 Å². The van der Waals surface area contributed by atoms with Crippen molar-refractivity contribution in [2.24, 2.45) is 0 Å². The van der Waals surface area contributed by atoms with Crippen LogP contribution in [0.3, 0.4) is 0 Å². The Hall–Kier alpha value is -1.44. The zero-order valence-electron chi connectivity index (χ0n) is 10.9. The molecule has 0 bridgehead atoms. The molecular formula is C13H16BrN3O3. The Morgan fingerprint density at radius 1 is 1.50 bits per heavy atom. The Kier molecular flexibility index (Phi) is 4.74. The van der Waals surface area contributed by atoms with Crippen molar-refractivity contribution in [1.29, 1.82) is 0 Å². The smallest absolute Gasteiger partial charge is 0.312 e. The number of halogens is 1. The van der Waals surface area contributed by atoms with Gasteiger partial charge in [-0.05, 0) is 6.07 Å². The Morgan fingerprint density at radius 2 is 2.15 bits per heavy atom. The topological polar surface area (TPSA) is 78.6 Å². The van der Waals surface area contributed by atoms with Crippen LogP contribution in [0.15, 0.2) is 29.3 Å². The normalized spacial score (nSPS) is 17.6. The highest BCUT2D eigenvalue weighted by Gasteiger charge is 2.27. The van der Waals surface area contributed by atoms with E-state index in [1.807, 2.05) is 0 Å². The molecule has 1 fully saturated rings. The van der Waals surface area contributed by atoms with Crippen LogP contribution in [0, 0.1) is 10.1 Å². The molecule has 0 unspecified atom stereocenters. The zero-order valence-corrected chi connectivity index (χ0v) is 12.5. The highest BCUT2D eigenvalue weighted by atomic mass is 79.9.